The van der Waals surface area contributed by atoms with Crippen LogP contribution in [-0.4, -0.2) is 16.1 Å². The van der Waals surface area contributed by atoms with E-state index in [1.165, 1.54) is 11.8 Å². The number of benzene rings is 1. The van der Waals surface area contributed by atoms with Crippen molar-refractivity contribution >= 4 is 58.2 Å². The van der Waals surface area contributed by atoms with Crippen LogP contribution < -0.4 is 5.32 Å². The molecule has 1 unspecified atom stereocenters. The lowest BCUT2D eigenvalue weighted by Crippen LogP contribution is -2.22. The molecule has 0 bridgehead atoms. The molecule has 1 aromatic carbocycles. The molecule has 0 spiro atoms. The largest absolute Gasteiger partial charge is 0.324 e. The summed E-state index contributed by atoms with van der Waals surface area (Å²) in [5, 5.41) is 4.42. The van der Waals surface area contributed by atoms with Gasteiger partial charge in [0.2, 0.25) is 5.91 Å². The van der Waals surface area contributed by atoms with Gasteiger partial charge in [-0.1, -0.05) is 46.6 Å². The van der Waals surface area contributed by atoms with Crippen LogP contribution in [0.25, 0.3) is 0 Å². The van der Waals surface area contributed by atoms with Crippen LogP contribution in [0.5, 0.6) is 0 Å². The number of rotatable bonds is 4. The SMILES string of the molecule is CC(Sc1ncccc1Cl)C(=O)Nc1cc(Cl)ccc1Cl. The molecule has 1 atom stereocenters. The average Bonchev–Trinajstić information content (AvgIpc) is 2.45. The zero-order valence-electron chi connectivity index (χ0n) is 10.9. The molecule has 3 nitrogen and oxygen atoms in total. The Morgan fingerprint density at radius 1 is 1.24 bits per heavy atom. The zero-order chi connectivity index (χ0) is 15.4. The Balaban J connectivity index is 2.06. The van der Waals surface area contributed by atoms with Gasteiger partial charge in [-0.2, -0.15) is 0 Å². The summed E-state index contributed by atoms with van der Waals surface area (Å²) in [6, 6.07) is 8.36. The maximum absolute atomic E-state index is 12.2. The van der Waals surface area contributed by atoms with Crippen LogP contribution in [0.2, 0.25) is 15.1 Å². The number of amides is 1. The predicted octanol–water partition coefficient (Wildman–Crippen LogP) is 5.16. The summed E-state index contributed by atoms with van der Waals surface area (Å²) in [5.41, 5.74) is 0.480. The van der Waals surface area contributed by atoms with Gasteiger partial charge in [-0.15, -0.1) is 0 Å². The number of pyridine rings is 1. The quantitative estimate of drug-likeness (QED) is 0.765. The average molecular weight is 362 g/mol. The molecule has 0 radical (unpaired) electrons. The lowest BCUT2D eigenvalue weighted by Gasteiger charge is -2.13. The van der Waals surface area contributed by atoms with Gasteiger partial charge in [-0.3, -0.25) is 4.79 Å². The van der Waals surface area contributed by atoms with Gasteiger partial charge in [0, 0.05) is 11.2 Å². The summed E-state index contributed by atoms with van der Waals surface area (Å²) < 4.78 is 0. The summed E-state index contributed by atoms with van der Waals surface area (Å²) in [6.45, 7) is 1.77. The number of thioether (sulfide) groups is 1. The van der Waals surface area contributed by atoms with E-state index in [9.17, 15) is 4.79 Å². The van der Waals surface area contributed by atoms with Crippen LogP contribution in [0.1, 0.15) is 6.92 Å². The van der Waals surface area contributed by atoms with Crippen molar-refractivity contribution in [3.63, 3.8) is 0 Å². The number of hydrogen-bond donors (Lipinski definition) is 1. The number of nitrogens with zero attached hydrogens (tertiary/aromatic N) is 1. The second-order valence-electron chi connectivity index (χ2n) is 4.16. The first-order valence-corrected chi connectivity index (χ1v) is 8.02. The van der Waals surface area contributed by atoms with Gasteiger partial charge in [0.15, 0.2) is 0 Å². The highest BCUT2D eigenvalue weighted by Gasteiger charge is 2.17. The van der Waals surface area contributed by atoms with Crippen molar-refractivity contribution < 1.29 is 4.79 Å². The number of carbonyl (C=O) groups is 1. The van der Waals surface area contributed by atoms with E-state index in [1.807, 2.05) is 0 Å². The number of halogens is 3. The molecule has 21 heavy (non-hydrogen) atoms. The maximum atomic E-state index is 12.2. The number of anilines is 1. The van der Waals surface area contributed by atoms with E-state index < -0.39 is 0 Å². The van der Waals surface area contributed by atoms with E-state index in [-0.39, 0.29) is 11.2 Å². The highest BCUT2D eigenvalue weighted by atomic mass is 35.5. The molecule has 0 aliphatic carbocycles. The van der Waals surface area contributed by atoms with E-state index >= 15 is 0 Å². The van der Waals surface area contributed by atoms with Crippen LogP contribution in [0.15, 0.2) is 41.6 Å². The molecule has 2 aromatic rings. The van der Waals surface area contributed by atoms with Gasteiger partial charge in [-0.25, -0.2) is 4.98 Å². The first kappa shape index (κ1) is 16.4. The second kappa shape index (κ2) is 7.36. The fourth-order valence-corrected chi connectivity index (χ4v) is 2.90. The molecule has 1 amide bonds. The molecular weight excluding hydrogens is 351 g/mol. The van der Waals surface area contributed by atoms with Gasteiger partial charge in [0.1, 0.15) is 5.03 Å². The fourth-order valence-electron chi connectivity index (χ4n) is 1.51. The molecule has 0 fully saturated rings. The molecular formula is C14H11Cl3N2OS. The highest BCUT2D eigenvalue weighted by molar-refractivity contribution is 8.00. The Bertz CT molecular complexity index is 666. The monoisotopic (exact) mass is 360 g/mol. The maximum Gasteiger partial charge on any atom is 0.237 e. The molecule has 110 valence electrons. The minimum absolute atomic E-state index is 0.203. The molecule has 2 rings (SSSR count). The van der Waals surface area contributed by atoms with Gasteiger partial charge in [0.25, 0.3) is 0 Å². The summed E-state index contributed by atoms with van der Waals surface area (Å²) in [4.78, 5) is 16.3. The van der Waals surface area contributed by atoms with Crippen molar-refractivity contribution in [1.82, 2.24) is 4.98 Å². The Hall–Kier alpha value is -0.940. The van der Waals surface area contributed by atoms with Gasteiger partial charge < -0.3 is 5.32 Å². The Morgan fingerprint density at radius 2 is 2.00 bits per heavy atom. The van der Waals surface area contributed by atoms with Crippen molar-refractivity contribution in [1.29, 1.82) is 0 Å². The van der Waals surface area contributed by atoms with Crippen molar-refractivity contribution in [2.24, 2.45) is 0 Å². The number of nitrogens with one attached hydrogen (secondary N) is 1. The normalized spacial score (nSPS) is 12.0. The highest BCUT2D eigenvalue weighted by Crippen LogP contribution is 2.30. The minimum atomic E-state index is -0.382. The van der Waals surface area contributed by atoms with Crippen molar-refractivity contribution in [2.45, 2.75) is 17.2 Å². The third-order valence-corrected chi connectivity index (χ3v) is 4.67. The summed E-state index contributed by atoms with van der Waals surface area (Å²) in [6.07, 6.45) is 1.63. The molecule has 0 saturated heterocycles. The summed E-state index contributed by atoms with van der Waals surface area (Å²) in [5.74, 6) is -0.203. The second-order valence-corrected chi connectivity index (χ2v) is 6.74. The topological polar surface area (TPSA) is 42.0 Å². The standard InChI is InChI=1S/C14H11Cl3N2OS/c1-8(21-14-11(17)3-2-6-18-14)13(20)19-12-7-9(15)4-5-10(12)16/h2-8H,1H3,(H,19,20). The Kier molecular flexibility index (Phi) is 5.76. The lowest BCUT2D eigenvalue weighted by atomic mass is 10.3. The number of carbonyl (C=O) groups excluding carboxylic acids is 1. The smallest absolute Gasteiger partial charge is 0.237 e. The predicted molar refractivity (Wildman–Crippen MR) is 89.7 cm³/mol. The van der Waals surface area contributed by atoms with Crippen molar-refractivity contribution in [2.75, 3.05) is 5.32 Å². The van der Waals surface area contributed by atoms with E-state index in [4.69, 9.17) is 34.8 Å². The first-order chi connectivity index (χ1) is 9.97. The Labute approximate surface area is 142 Å². The van der Waals surface area contributed by atoms with E-state index in [2.05, 4.69) is 10.3 Å². The van der Waals surface area contributed by atoms with Crippen LogP contribution in [0, 0.1) is 0 Å². The van der Waals surface area contributed by atoms with Crippen molar-refractivity contribution in [3.05, 3.63) is 51.6 Å². The number of hydrogen-bond acceptors (Lipinski definition) is 3. The fraction of sp³-hybridized carbons (Fsp3) is 0.143. The minimum Gasteiger partial charge on any atom is -0.324 e. The molecule has 0 saturated carbocycles. The van der Waals surface area contributed by atoms with E-state index in [1.54, 1.807) is 43.5 Å². The van der Waals surface area contributed by atoms with Crippen LogP contribution in [-0.2, 0) is 4.79 Å². The van der Waals surface area contributed by atoms with Gasteiger partial charge in [0.05, 0.1) is 21.0 Å². The summed E-state index contributed by atoms with van der Waals surface area (Å²) in [7, 11) is 0. The third-order valence-electron chi connectivity index (χ3n) is 2.57. The van der Waals surface area contributed by atoms with Crippen molar-refractivity contribution in [3.8, 4) is 0 Å². The molecule has 1 N–H and O–H groups in total. The first-order valence-electron chi connectivity index (χ1n) is 6.00. The Morgan fingerprint density at radius 3 is 2.71 bits per heavy atom. The van der Waals surface area contributed by atoms with E-state index in [0.29, 0.717) is 25.8 Å². The van der Waals surface area contributed by atoms with E-state index in [0.717, 1.165) is 0 Å². The van der Waals surface area contributed by atoms with Gasteiger partial charge in [-0.05, 0) is 37.3 Å². The molecule has 1 aromatic heterocycles. The number of aromatic nitrogens is 1. The molecule has 7 heteroatoms. The lowest BCUT2D eigenvalue weighted by molar-refractivity contribution is -0.115. The van der Waals surface area contributed by atoms with Gasteiger partial charge >= 0.3 is 0 Å². The van der Waals surface area contributed by atoms with Crippen LogP contribution in [0.3, 0.4) is 0 Å². The molecule has 1 heterocycles. The van der Waals surface area contributed by atoms with Crippen LogP contribution in [0.4, 0.5) is 5.69 Å². The third kappa shape index (κ3) is 4.51. The molecule has 0 aliphatic rings. The summed E-state index contributed by atoms with van der Waals surface area (Å²) >= 11 is 19.2. The van der Waals surface area contributed by atoms with Crippen LogP contribution >= 0.6 is 46.6 Å². The molecule has 0 aliphatic heterocycles. The zero-order valence-corrected chi connectivity index (χ0v) is 14.0.